The summed E-state index contributed by atoms with van der Waals surface area (Å²) in [5.41, 5.74) is 1.12. The van der Waals surface area contributed by atoms with Crippen LogP contribution in [-0.2, 0) is 4.79 Å². The number of hydrogen-bond donors (Lipinski definition) is 1. The fourth-order valence-electron chi connectivity index (χ4n) is 0.961. The maximum Gasteiger partial charge on any atom is 0.332 e. The first kappa shape index (κ1) is 11.5. The molecule has 1 aromatic rings. The highest BCUT2D eigenvalue weighted by Crippen LogP contribution is 2.13. The Labute approximate surface area is 93.5 Å². The summed E-state index contributed by atoms with van der Waals surface area (Å²) in [5.74, 6) is -1.00. The molecule has 0 saturated heterocycles. The van der Waals surface area contributed by atoms with Crippen molar-refractivity contribution in [3.63, 3.8) is 0 Å². The lowest BCUT2D eigenvalue weighted by atomic mass is 10.2. The van der Waals surface area contributed by atoms with E-state index in [1.165, 1.54) is 6.92 Å². The average molecular weight is 223 g/mol. The summed E-state index contributed by atoms with van der Waals surface area (Å²) >= 11 is 5.79. The van der Waals surface area contributed by atoms with E-state index in [4.69, 9.17) is 16.7 Å². The average Bonchev–Trinajstić information content (AvgIpc) is 2.26. The van der Waals surface area contributed by atoms with Crippen molar-refractivity contribution in [2.45, 2.75) is 6.92 Å². The van der Waals surface area contributed by atoms with Gasteiger partial charge in [-0.15, -0.1) is 0 Å². The van der Waals surface area contributed by atoms with Gasteiger partial charge in [0.25, 0.3) is 0 Å². The highest BCUT2D eigenvalue weighted by molar-refractivity contribution is 6.33. The monoisotopic (exact) mass is 222 g/mol. The Kier molecular flexibility index (Phi) is 4.13. The van der Waals surface area contributed by atoms with E-state index < -0.39 is 5.97 Å². The first-order valence-electron chi connectivity index (χ1n) is 4.44. The molecule has 1 rings (SSSR count). The van der Waals surface area contributed by atoms with E-state index >= 15 is 0 Å². The van der Waals surface area contributed by atoms with Crippen LogP contribution in [-0.4, -0.2) is 11.1 Å². The maximum absolute atomic E-state index is 10.6. The van der Waals surface area contributed by atoms with Gasteiger partial charge in [-0.05, 0) is 18.6 Å². The molecule has 0 bridgehead atoms. The molecular weight excluding hydrogens is 212 g/mol. The Bertz CT molecular complexity index is 405. The molecule has 0 unspecified atom stereocenters. The zero-order valence-corrected chi connectivity index (χ0v) is 9.03. The van der Waals surface area contributed by atoms with Crippen LogP contribution >= 0.6 is 11.6 Å². The van der Waals surface area contributed by atoms with Crippen LogP contribution in [0, 0.1) is 0 Å². The number of carbonyl (C=O) groups is 1. The SMILES string of the molecule is CC(C(=O)O)=C(Cl)C=Cc1ccccc1. The molecule has 15 heavy (non-hydrogen) atoms. The van der Waals surface area contributed by atoms with Crippen molar-refractivity contribution in [2.75, 3.05) is 0 Å². The third-order valence-corrected chi connectivity index (χ3v) is 2.31. The molecule has 0 aromatic heterocycles. The van der Waals surface area contributed by atoms with Crippen LogP contribution in [0.2, 0.25) is 0 Å². The van der Waals surface area contributed by atoms with Crippen molar-refractivity contribution in [3.8, 4) is 0 Å². The smallest absolute Gasteiger partial charge is 0.332 e. The predicted molar refractivity (Wildman–Crippen MR) is 61.7 cm³/mol. The summed E-state index contributed by atoms with van der Waals surface area (Å²) in [6.07, 6.45) is 3.36. The normalized spacial score (nSPS) is 12.7. The summed E-state index contributed by atoms with van der Waals surface area (Å²) in [6.45, 7) is 1.47. The van der Waals surface area contributed by atoms with Crippen LogP contribution in [0.3, 0.4) is 0 Å². The molecule has 1 N–H and O–H groups in total. The zero-order chi connectivity index (χ0) is 11.3. The second-order valence-corrected chi connectivity index (χ2v) is 3.43. The number of allylic oxidation sites excluding steroid dienone is 2. The minimum absolute atomic E-state index is 0.142. The van der Waals surface area contributed by atoms with Crippen LogP contribution in [0.1, 0.15) is 12.5 Å². The molecule has 0 aliphatic rings. The molecule has 1 aromatic carbocycles. The summed E-state index contributed by atoms with van der Waals surface area (Å²) < 4.78 is 0. The van der Waals surface area contributed by atoms with Gasteiger partial charge in [0.2, 0.25) is 0 Å². The van der Waals surface area contributed by atoms with Crippen molar-refractivity contribution in [1.29, 1.82) is 0 Å². The lowest BCUT2D eigenvalue weighted by molar-refractivity contribution is -0.132. The third kappa shape index (κ3) is 3.60. The van der Waals surface area contributed by atoms with Gasteiger partial charge < -0.3 is 5.11 Å². The summed E-state index contributed by atoms with van der Waals surface area (Å²) in [5, 5.41) is 8.92. The molecule has 0 atom stereocenters. The summed E-state index contributed by atoms with van der Waals surface area (Å²) in [4.78, 5) is 10.6. The van der Waals surface area contributed by atoms with E-state index in [9.17, 15) is 4.79 Å². The Balaban J connectivity index is 2.83. The Morgan fingerprint density at radius 1 is 1.33 bits per heavy atom. The molecule has 0 aliphatic carbocycles. The third-order valence-electron chi connectivity index (χ3n) is 1.90. The molecule has 0 saturated carbocycles. The van der Waals surface area contributed by atoms with Crippen LogP contribution in [0.15, 0.2) is 47.0 Å². The number of carboxylic acids is 1. The van der Waals surface area contributed by atoms with Gasteiger partial charge in [-0.3, -0.25) is 0 Å². The van der Waals surface area contributed by atoms with E-state index in [1.54, 1.807) is 12.2 Å². The molecule has 3 heteroatoms. The van der Waals surface area contributed by atoms with Gasteiger partial charge in [-0.25, -0.2) is 4.79 Å². The van der Waals surface area contributed by atoms with E-state index in [0.717, 1.165) is 5.56 Å². The van der Waals surface area contributed by atoms with Crippen molar-refractivity contribution in [1.82, 2.24) is 0 Å². The molecule has 2 nitrogen and oxygen atoms in total. The Hall–Kier alpha value is -1.54. The van der Waals surface area contributed by atoms with Crippen LogP contribution < -0.4 is 0 Å². The quantitative estimate of drug-likeness (QED) is 0.630. The van der Waals surface area contributed by atoms with E-state index in [2.05, 4.69) is 0 Å². The predicted octanol–water partition coefficient (Wildman–Crippen LogP) is 3.30. The molecule has 0 spiro atoms. The molecule has 0 heterocycles. The number of rotatable bonds is 3. The van der Waals surface area contributed by atoms with Crippen LogP contribution in [0.25, 0.3) is 6.08 Å². The Morgan fingerprint density at radius 2 is 1.93 bits per heavy atom. The van der Waals surface area contributed by atoms with E-state index in [-0.39, 0.29) is 10.6 Å². The number of carboxylic acid groups (broad SMARTS) is 1. The molecule has 0 radical (unpaired) electrons. The lowest BCUT2D eigenvalue weighted by Crippen LogP contribution is -1.97. The van der Waals surface area contributed by atoms with Crippen LogP contribution in [0.5, 0.6) is 0 Å². The van der Waals surface area contributed by atoms with E-state index in [0.29, 0.717) is 0 Å². The molecular formula is C12H11ClO2. The number of hydrogen-bond acceptors (Lipinski definition) is 1. The zero-order valence-electron chi connectivity index (χ0n) is 8.27. The highest BCUT2D eigenvalue weighted by atomic mass is 35.5. The van der Waals surface area contributed by atoms with Crippen molar-refractivity contribution >= 4 is 23.6 Å². The first-order valence-corrected chi connectivity index (χ1v) is 4.82. The van der Waals surface area contributed by atoms with Gasteiger partial charge in [-0.1, -0.05) is 48.0 Å². The molecule has 0 amide bonds. The molecule has 0 fully saturated rings. The van der Waals surface area contributed by atoms with Gasteiger partial charge >= 0.3 is 5.97 Å². The molecule has 0 aliphatic heterocycles. The lowest BCUT2D eigenvalue weighted by Gasteiger charge is -1.95. The molecule has 78 valence electrons. The second-order valence-electron chi connectivity index (χ2n) is 3.02. The van der Waals surface area contributed by atoms with Gasteiger partial charge in [0, 0.05) is 0 Å². The fraction of sp³-hybridized carbons (Fsp3) is 0.0833. The minimum Gasteiger partial charge on any atom is -0.478 e. The first-order chi connectivity index (χ1) is 7.11. The maximum atomic E-state index is 10.6. The fourth-order valence-corrected chi connectivity index (χ4v) is 1.10. The summed E-state index contributed by atoms with van der Waals surface area (Å²) in [7, 11) is 0. The van der Waals surface area contributed by atoms with Gasteiger partial charge in [0.05, 0.1) is 10.6 Å². The van der Waals surface area contributed by atoms with Crippen molar-refractivity contribution in [2.24, 2.45) is 0 Å². The number of benzene rings is 1. The summed E-state index contributed by atoms with van der Waals surface area (Å²) in [6, 6.07) is 9.55. The largest absolute Gasteiger partial charge is 0.478 e. The Morgan fingerprint density at radius 3 is 2.47 bits per heavy atom. The van der Waals surface area contributed by atoms with E-state index in [1.807, 2.05) is 30.3 Å². The van der Waals surface area contributed by atoms with Gasteiger partial charge in [-0.2, -0.15) is 0 Å². The van der Waals surface area contributed by atoms with Crippen molar-refractivity contribution < 1.29 is 9.90 Å². The standard InChI is InChI=1S/C12H11ClO2/c1-9(12(14)15)11(13)8-7-10-5-3-2-4-6-10/h2-8H,1H3,(H,14,15). The number of aliphatic carboxylic acids is 1. The van der Waals surface area contributed by atoms with Crippen LogP contribution in [0.4, 0.5) is 0 Å². The second kappa shape index (κ2) is 5.37. The number of halogens is 1. The van der Waals surface area contributed by atoms with Gasteiger partial charge in [0.1, 0.15) is 0 Å². The minimum atomic E-state index is -1.00. The van der Waals surface area contributed by atoms with Crippen molar-refractivity contribution in [3.05, 3.63) is 52.6 Å². The topological polar surface area (TPSA) is 37.3 Å². The van der Waals surface area contributed by atoms with Gasteiger partial charge in [0.15, 0.2) is 0 Å². The highest BCUT2D eigenvalue weighted by Gasteiger charge is 2.03.